The van der Waals surface area contributed by atoms with Gasteiger partial charge in [0.05, 0.1) is 6.54 Å². The molecule has 1 aromatic heterocycles. The first-order valence-corrected chi connectivity index (χ1v) is 6.58. The van der Waals surface area contributed by atoms with Gasteiger partial charge in [0.2, 0.25) is 0 Å². The number of nitrogens with zero attached hydrogens (tertiary/aromatic N) is 1. The number of aromatic nitrogens is 1. The summed E-state index contributed by atoms with van der Waals surface area (Å²) in [5, 5.41) is 1.05. The normalized spacial score (nSPS) is 11.0. The molecule has 106 valence electrons. The third-order valence-electron chi connectivity index (χ3n) is 3.48. The molecule has 0 aliphatic carbocycles. The average molecular weight is 285 g/mol. The van der Waals surface area contributed by atoms with Crippen molar-refractivity contribution in [3.05, 3.63) is 71.4 Å². The summed E-state index contributed by atoms with van der Waals surface area (Å²) < 4.78 is 27.9. The summed E-state index contributed by atoms with van der Waals surface area (Å²) in [5.74, 6) is -2.21. The topological polar surface area (TPSA) is 22.0 Å². The highest BCUT2D eigenvalue weighted by atomic mass is 19.2. The lowest BCUT2D eigenvalue weighted by Crippen LogP contribution is -2.10. The van der Waals surface area contributed by atoms with Crippen molar-refractivity contribution < 1.29 is 13.6 Å². The lowest BCUT2D eigenvalue weighted by Gasteiger charge is -2.06. The minimum atomic E-state index is -1.01. The Morgan fingerprint density at radius 2 is 1.86 bits per heavy atom. The zero-order valence-electron chi connectivity index (χ0n) is 11.4. The molecule has 0 aliphatic heterocycles. The van der Waals surface area contributed by atoms with Crippen LogP contribution in [0.25, 0.3) is 10.9 Å². The molecule has 4 heteroatoms. The van der Waals surface area contributed by atoms with Crippen molar-refractivity contribution >= 4 is 16.7 Å². The first kappa shape index (κ1) is 13.5. The fourth-order valence-electron chi connectivity index (χ4n) is 2.37. The Hall–Kier alpha value is -2.49. The molecule has 0 atom stereocenters. The monoisotopic (exact) mass is 285 g/mol. The molecular formula is C17H13F2NO. The van der Waals surface area contributed by atoms with Crippen LogP contribution < -0.4 is 0 Å². The predicted molar refractivity (Wildman–Crippen MR) is 77.4 cm³/mol. The van der Waals surface area contributed by atoms with Gasteiger partial charge in [-0.15, -0.1) is 0 Å². The predicted octanol–water partition coefficient (Wildman–Crippen LogP) is 4.11. The average Bonchev–Trinajstić information content (AvgIpc) is 2.84. The fraction of sp³-hybridized carbons (Fsp3) is 0.118. The van der Waals surface area contributed by atoms with Crippen molar-refractivity contribution in [2.45, 2.75) is 13.5 Å². The standard InChI is InChI=1S/C17H13F2NO/c1-11-2-5-16-12(8-11)6-7-20(16)10-17(21)13-3-4-14(18)15(19)9-13/h2-9H,10H2,1H3. The first-order valence-electron chi connectivity index (χ1n) is 6.58. The Morgan fingerprint density at radius 3 is 2.62 bits per heavy atom. The van der Waals surface area contributed by atoms with Crippen LogP contribution in [0.3, 0.4) is 0 Å². The second-order valence-electron chi connectivity index (χ2n) is 5.06. The highest BCUT2D eigenvalue weighted by molar-refractivity contribution is 5.96. The van der Waals surface area contributed by atoms with Gasteiger partial charge in [0.25, 0.3) is 0 Å². The number of aryl methyl sites for hydroxylation is 1. The molecule has 0 unspecified atom stereocenters. The quantitative estimate of drug-likeness (QED) is 0.664. The number of Topliss-reactive ketones (excluding diaryl/α,β-unsaturated/α-hetero) is 1. The second kappa shape index (κ2) is 5.13. The van der Waals surface area contributed by atoms with Gasteiger partial charge in [-0.3, -0.25) is 4.79 Å². The molecule has 0 saturated heterocycles. The van der Waals surface area contributed by atoms with Crippen molar-refractivity contribution in [2.75, 3.05) is 0 Å². The Kier molecular flexibility index (Phi) is 3.29. The van der Waals surface area contributed by atoms with Gasteiger partial charge in [0.1, 0.15) is 0 Å². The largest absolute Gasteiger partial charge is 0.340 e. The molecule has 0 amide bonds. The lowest BCUT2D eigenvalue weighted by atomic mass is 10.1. The molecule has 21 heavy (non-hydrogen) atoms. The maximum atomic E-state index is 13.2. The molecule has 2 aromatic carbocycles. The van der Waals surface area contributed by atoms with Crippen LogP contribution in [0.4, 0.5) is 8.78 Å². The molecule has 0 saturated carbocycles. The van der Waals surface area contributed by atoms with E-state index in [2.05, 4.69) is 0 Å². The maximum Gasteiger partial charge on any atom is 0.182 e. The number of halogens is 2. The summed E-state index contributed by atoms with van der Waals surface area (Å²) in [6.45, 7) is 2.10. The van der Waals surface area contributed by atoms with E-state index < -0.39 is 11.6 Å². The zero-order valence-corrected chi connectivity index (χ0v) is 11.4. The van der Waals surface area contributed by atoms with Gasteiger partial charge in [-0.05, 0) is 48.7 Å². The lowest BCUT2D eigenvalue weighted by molar-refractivity contribution is 0.0973. The van der Waals surface area contributed by atoms with E-state index in [1.165, 1.54) is 6.07 Å². The van der Waals surface area contributed by atoms with Gasteiger partial charge < -0.3 is 4.57 Å². The highest BCUT2D eigenvalue weighted by Crippen LogP contribution is 2.18. The number of ketones is 1. The van der Waals surface area contributed by atoms with Crippen molar-refractivity contribution in [3.8, 4) is 0 Å². The molecule has 0 N–H and O–H groups in total. The molecule has 0 fully saturated rings. The summed E-state index contributed by atoms with van der Waals surface area (Å²) >= 11 is 0. The van der Waals surface area contributed by atoms with Gasteiger partial charge in [-0.2, -0.15) is 0 Å². The first-order chi connectivity index (χ1) is 10.0. The number of hydrogen-bond acceptors (Lipinski definition) is 1. The molecule has 1 heterocycles. The third-order valence-corrected chi connectivity index (χ3v) is 3.48. The number of benzene rings is 2. The highest BCUT2D eigenvalue weighted by Gasteiger charge is 2.11. The van der Waals surface area contributed by atoms with Crippen molar-refractivity contribution in [1.29, 1.82) is 0 Å². The summed E-state index contributed by atoms with van der Waals surface area (Å²) in [5.41, 5.74) is 2.26. The summed E-state index contributed by atoms with van der Waals surface area (Å²) in [6, 6.07) is 11.1. The van der Waals surface area contributed by atoms with E-state index in [-0.39, 0.29) is 17.9 Å². The summed E-state index contributed by atoms with van der Waals surface area (Å²) in [7, 11) is 0. The number of carbonyl (C=O) groups is 1. The molecule has 2 nitrogen and oxygen atoms in total. The SMILES string of the molecule is Cc1ccc2c(ccn2CC(=O)c2ccc(F)c(F)c2)c1. The van der Waals surface area contributed by atoms with E-state index >= 15 is 0 Å². The molecule has 0 aliphatic rings. The molecule has 3 aromatic rings. The van der Waals surface area contributed by atoms with Gasteiger partial charge >= 0.3 is 0 Å². The zero-order chi connectivity index (χ0) is 15.0. The Bertz CT molecular complexity index is 836. The van der Waals surface area contributed by atoms with E-state index in [0.717, 1.165) is 28.6 Å². The third kappa shape index (κ3) is 2.57. The van der Waals surface area contributed by atoms with Crippen molar-refractivity contribution in [3.63, 3.8) is 0 Å². The molecule has 3 rings (SSSR count). The van der Waals surface area contributed by atoms with Crippen LogP contribution in [-0.4, -0.2) is 10.4 Å². The van der Waals surface area contributed by atoms with Crippen LogP contribution in [-0.2, 0) is 6.54 Å². The van der Waals surface area contributed by atoms with E-state index in [9.17, 15) is 13.6 Å². The molecule has 0 bridgehead atoms. The Balaban J connectivity index is 1.91. The van der Waals surface area contributed by atoms with Gasteiger partial charge in [-0.25, -0.2) is 8.78 Å². The molecule has 0 spiro atoms. The van der Waals surface area contributed by atoms with Crippen LogP contribution in [0.1, 0.15) is 15.9 Å². The molecule has 0 radical (unpaired) electrons. The maximum absolute atomic E-state index is 13.2. The van der Waals surface area contributed by atoms with Crippen LogP contribution in [0, 0.1) is 18.6 Å². The van der Waals surface area contributed by atoms with E-state index in [1.54, 1.807) is 4.57 Å². The molecular weight excluding hydrogens is 272 g/mol. The number of carbonyl (C=O) groups excluding carboxylic acids is 1. The Morgan fingerprint density at radius 1 is 1.05 bits per heavy atom. The van der Waals surface area contributed by atoms with Crippen LogP contribution in [0.2, 0.25) is 0 Å². The van der Waals surface area contributed by atoms with Crippen molar-refractivity contribution in [1.82, 2.24) is 4.57 Å². The van der Waals surface area contributed by atoms with Crippen LogP contribution in [0.5, 0.6) is 0 Å². The number of hydrogen-bond donors (Lipinski definition) is 0. The van der Waals surface area contributed by atoms with E-state index in [0.29, 0.717) is 0 Å². The second-order valence-corrected chi connectivity index (χ2v) is 5.06. The van der Waals surface area contributed by atoms with E-state index in [1.807, 2.05) is 37.4 Å². The minimum Gasteiger partial charge on any atom is -0.340 e. The summed E-state index contributed by atoms with van der Waals surface area (Å²) in [4.78, 5) is 12.2. The number of rotatable bonds is 3. The van der Waals surface area contributed by atoms with Gasteiger partial charge in [0.15, 0.2) is 17.4 Å². The Labute approximate surface area is 120 Å². The minimum absolute atomic E-state index is 0.0949. The van der Waals surface area contributed by atoms with E-state index in [4.69, 9.17) is 0 Å². The smallest absolute Gasteiger partial charge is 0.182 e. The van der Waals surface area contributed by atoms with Crippen LogP contribution in [0.15, 0.2) is 48.7 Å². The summed E-state index contributed by atoms with van der Waals surface area (Å²) in [6.07, 6.45) is 1.82. The fourth-order valence-corrected chi connectivity index (χ4v) is 2.37. The van der Waals surface area contributed by atoms with Crippen LogP contribution >= 0.6 is 0 Å². The van der Waals surface area contributed by atoms with Gasteiger partial charge in [-0.1, -0.05) is 11.6 Å². The van der Waals surface area contributed by atoms with Crippen molar-refractivity contribution in [2.24, 2.45) is 0 Å². The number of fused-ring (bicyclic) bond motifs is 1. The van der Waals surface area contributed by atoms with Gasteiger partial charge in [0, 0.05) is 17.3 Å².